The molecular formula is C20H34N6O2S. The van der Waals surface area contributed by atoms with E-state index in [-0.39, 0.29) is 5.75 Å². The minimum absolute atomic E-state index is 0.0779. The van der Waals surface area contributed by atoms with E-state index in [1.807, 2.05) is 18.2 Å². The summed E-state index contributed by atoms with van der Waals surface area (Å²) in [5.74, 6) is 3.03. The molecule has 3 heterocycles. The number of aliphatic imine (C=N–C) groups is 1. The summed E-state index contributed by atoms with van der Waals surface area (Å²) in [4.78, 5) is 13.1. The highest BCUT2D eigenvalue weighted by molar-refractivity contribution is 7.89. The van der Waals surface area contributed by atoms with Crippen molar-refractivity contribution in [1.29, 1.82) is 0 Å². The summed E-state index contributed by atoms with van der Waals surface area (Å²) >= 11 is 0. The van der Waals surface area contributed by atoms with Gasteiger partial charge >= 0.3 is 0 Å². The van der Waals surface area contributed by atoms with Gasteiger partial charge in [0, 0.05) is 59.1 Å². The first kappa shape index (κ1) is 21.8. The van der Waals surface area contributed by atoms with Gasteiger partial charge in [-0.15, -0.1) is 0 Å². The summed E-state index contributed by atoms with van der Waals surface area (Å²) in [6.45, 7) is 9.12. The van der Waals surface area contributed by atoms with Gasteiger partial charge in [0.15, 0.2) is 5.96 Å². The number of rotatable bonds is 5. The number of piperazine rings is 1. The first-order chi connectivity index (χ1) is 13.9. The van der Waals surface area contributed by atoms with E-state index in [2.05, 4.69) is 38.9 Å². The fourth-order valence-electron chi connectivity index (χ4n) is 4.33. The summed E-state index contributed by atoms with van der Waals surface area (Å²) in [6.07, 6.45) is 2.99. The lowest BCUT2D eigenvalue weighted by Crippen LogP contribution is -2.52. The van der Waals surface area contributed by atoms with Crippen LogP contribution in [0.5, 0.6) is 0 Å². The Bertz CT molecular complexity index is 767. The van der Waals surface area contributed by atoms with Crippen LogP contribution in [-0.2, 0) is 10.0 Å². The molecule has 0 spiro atoms. The average molecular weight is 423 g/mol. The molecule has 8 nitrogen and oxygen atoms in total. The van der Waals surface area contributed by atoms with Crippen molar-refractivity contribution >= 4 is 21.8 Å². The Hall–Kier alpha value is -1.87. The predicted molar refractivity (Wildman–Crippen MR) is 118 cm³/mol. The van der Waals surface area contributed by atoms with Crippen molar-refractivity contribution in [2.24, 2.45) is 16.8 Å². The number of sulfonamides is 1. The smallest absolute Gasteiger partial charge is 0.215 e. The highest BCUT2D eigenvalue weighted by atomic mass is 32.2. The molecule has 3 rings (SSSR count). The molecule has 162 valence electrons. The molecule has 1 N–H and O–H groups in total. The third-order valence-electron chi connectivity index (χ3n) is 5.63. The van der Waals surface area contributed by atoms with E-state index in [4.69, 9.17) is 0 Å². The molecule has 2 aliphatic heterocycles. The van der Waals surface area contributed by atoms with Crippen LogP contribution in [0.3, 0.4) is 0 Å². The van der Waals surface area contributed by atoms with Crippen molar-refractivity contribution in [3.05, 3.63) is 24.4 Å². The predicted octanol–water partition coefficient (Wildman–Crippen LogP) is 1.09. The second kappa shape index (κ2) is 9.75. The van der Waals surface area contributed by atoms with Crippen LogP contribution >= 0.6 is 0 Å². The normalized spacial score (nSPS) is 24.6. The number of hydrogen-bond donors (Lipinski definition) is 1. The number of nitrogens with zero attached hydrogens (tertiary/aromatic N) is 5. The molecule has 2 fully saturated rings. The number of hydrogen-bond acceptors (Lipinski definition) is 5. The Balaban J connectivity index is 1.47. The number of aromatic nitrogens is 1. The SMILES string of the molecule is CN=C(NCCS(=O)(=O)N1CCN(c2ccccn2)CC1)N1CC(C)CC(C)C1. The van der Waals surface area contributed by atoms with Crippen LogP contribution in [0.25, 0.3) is 0 Å². The van der Waals surface area contributed by atoms with Crippen molar-refractivity contribution in [3.63, 3.8) is 0 Å². The highest BCUT2D eigenvalue weighted by Crippen LogP contribution is 2.21. The summed E-state index contributed by atoms with van der Waals surface area (Å²) in [7, 11) is -1.53. The molecule has 0 bridgehead atoms. The summed E-state index contributed by atoms with van der Waals surface area (Å²) in [5.41, 5.74) is 0. The van der Waals surface area contributed by atoms with Crippen molar-refractivity contribution in [1.82, 2.24) is 19.5 Å². The minimum atomic E-state index is -3.29. The van der Waals surface area contributed by atoms with Crippen LogP contribution in [0.1, 0.15) is 20.3 Å². The summed E-state index contributed by atoms with van der Waals surface area (Å²) in [5, 5.41) is 3.26. The standard InChI is InChI=1S/C20H34N6O2S/c1-17-14-18(2)16-25(15-17)20(21-3)23-8-13-29(27,28)26-11-9-24(10-12-26)19-6-4-5-7-22-19/h4-7,17-18H,8-16H2,1-3H3,(H,21,23). The molecule has 0 radical (unpaired) electrons. The maximum atomic E-state index is 12.8. The Labute approximate surface area is 175 Å². The van der Waals surface area contributed by atoms with E-state index in [1.54, 1.807) is 17.5 Å². The zero-order valence-corrected chi connectivity index (χ0v) is 18.6. The molecule has 2 unspecified atom stereocenters. The quantitative estimate of drug-likeness (QED) is 0.565. The maximum Gasteiger partial charge on any atom is 0.215 e. The number of piperidine rings is 1. The number of nitrogens with one attached hydrogen (secondary N) is 1. The maximum absolute atomic E-state index is 12.8. The molecule has 2 aliphatic rings. The van der Waals surface area contributed by atoms with Gasteiger partial charge in [-0.3, -0.25) is 4.99 Å². The van der Waals surface area contributed by atoms with Crippen LogP contribution in [0, 0.1) is 11.8 Å². The lowest BCUT2D eigenvalue weighted by atomic mass is 9.92. The number of pyridine rings is 1. The summed E-state index contributed by atoms with van der Waals surface area (Å²) in [6, 6.07) is 5.80. The molecular weight excluding hydrogens is 388 g/mol. The molecule has 0 aromatic carbocycles. The number of guanidine groups is 1. The molecule has 2 saturated heterocycles. The topological polar surface area (TPSA) is 81.1 Å². The van der Waals surface area contributed by atoms with Crippen molar-refractivity contribution < 1.29 is 8.42 Å². The second-order valence-corrected chi connectivity index (χ2v) is 10.3. The Kier molecular flexibility index (Phi) is 7.34. The average Bonchev–Trinajstić information content (AvgIpc) is 2.71. The second-order valence-electron chi connectivity index (χ2n) is 8.22. The molecule has 1 aromatic heterocycles. The molecule has 2 atom stereocenters. The van der Waals surface area contributed by atoms with Gasteiger partial charge in [-0.25, -0.2) is 13.4 Å². The van der Waals surface area contributed by atoms with Crippen LogP contribution in [-0.4, -0.2) is 87.2 Å². The summed E-state index contributed by atoms with van der Waals surface area (Å²) < 4.78 is 27.2. The van der Waals surface area contributed by atoms with Gasteiger partial charge in [0.05, 0.1) is 5.75 Å². The molecule has 0 aliphatic carbocycles. The molecule has 9 heteroatoms. The number of anilines is 1. The number of likely N-dealkylation sites (tertiary alicyclic amines) is 1. The van der Waals surface area contributed by atoms with Gasteiger partial charge in [0.2, 0.25) is 10.0 Å². The lowest BCUT2D eigenvalue weighted by molar-refractivity contribution is 0.209. The van der Waals surface area contributed by atoms with Crippen LogP contribution in [0.15, 0.2) is 29.4 Å². The van der Waals surface area contributed by atoms with Gasteiger partial charge in [0.25, 0.3) is 0 Å². The van der Waals surface area contributed by atoms with E-state index in [1.165, 1.54) is 6.42 Å². The van der Waals surface area contributed by atoms with Crippen molar-refractivity contribution in [2.75, 3.05) is 63.5 Å². The zero-order chi connectivity index (χ0) is 20.9. The fourth-order valence-corrected chi connectivity index (χ4v) is 5.66. The Morgan fingerprint density at radius 1 is 1.17 bits per heavy atom. The van der Waals surface area contributed by atoms with E-state index in [0.717, 1.165) is 24.9 Å². The van der Waals surface area contributed by atoms with Gasteiger partial charge in [-0.1, -0.05) is 19.9 Å². The van der Waals surface area contributed by atoms with E-state index in [9.17, 15) is 8.42 Å². The monoisotopic (exact) mass is 422 g/mol. The molecule has 29 heavy (non-hydrogen) atoms. The lowest BCUT2D eigenvalue weighted by Gasteiger charge is -2.37. The van der Waals surface area contributed by atoms with Gasteiger partial charge in [0.1, 0.15) is 5.82 Å². The highest BCUT2D eigenvalue weighted by Gasteiger charge is 2.28. The zero-order valence-electron chi connectivity index (χ0n) is 17.8. The van der Waals surface area contributed by atoms with Crippen LogP contribution in [0.2, 0.25) is 0 Å². The largest absolute Gasteiger partial charge is 0.355 e. The van der Waals surface area contributed by atoms with Crippen molar-refractivity contribution in [3.8, 4) is 0 Å². The van der Waals surface area contributed by atoms with E-state index >= 15 is 0 Å². The third-order valence-corrected chi connectivity index (χ3v) is 7.50. The minimum Gasteiger partial charge on any atom is -0.355 e. The Morgan fingerprint density at radius 2 is 1.86 bits per heavy atom. The van der Waals surface area contributed by atoms with E-state index < -0.39 is 10.0 Å². The van der Waals surface area contributed by atoms with Gasteiger partial charge < -0.3 is 15.1 Å². The third kappa shape index (κ3) is 5.82. The van der Waals surface area contributed by atoms with Crippen LogP contribution < -0.4 is 10.2 Å². The van der Waals surface area contributed by atoms with Crippen LogP contribution in [0.4, 0.5) is 5.82 Å². The molecule has 0 amide bonds. The fraction of sp³-hybridized carbons (Fsp3) is 0.700. The van der Waals surface area contributed by atoms with E-state index in [0.29, 0.717) is 44.6 Å². The van der Waals surface area contributed by atoms with Gasteiger partial charge in [-0.05, 0) is 30.4 Å². The first-order valence-electron chi connectivity index (χ1n) is 10.5. The first-order valence-corrected chi connectivity index (χ1v) is 12.1. The molecule has 0 saturated carbocycles. The van der Waals surface area contributed by atoms with Crippen molar-refractivity contribution in [2.45, 2.75) is 20.3 Å². The van der Waals surface area contributed by atoms with Gasteiger partial charge in [-0.2, -0.15) is 4.31 Å². The Morgan fingerprint density at radius 3 is 2.45 bits per heavy atom. The molecule has 1 aromatic rings.